The van der Waals surface area contributed by atoms with Gasteiger partial charge in [0.2, 0.25) is 0 Å². The van der Waals surface area contributed by atoms with E-state index in [1.807, 2.05) is 28.7 Å². The van der Waals surface area contributed by atoms with Gasteiger partial charge in [-0.2, -0.15) is 0 Å². The van der Waals surface area contributed by atoms with Gasteiger partial charge in [-0.25, -0.2) is 0 Å². The van der Waals surface area contributed by atoms with Crippen LogP contribution in [0.1, 0.15) is 0 Å². The summed E-state index contributed by atoms with van der Waals surface area (Å²) in [5.74, 6) is 0.898. The number of furan rings is 2. The summed E-state index contributed by atoms with van der Waals surface area (Å²) in [7, 11) is 0. The second-order valence-corrected chi connectivity index (χ2v) is 15.3. The molecule has 0 radical (unpaired) electrons. The van der Waals surface area contributed by atoms with E-state index in [9.17, 15) is 0 Å². The minimum absolute atomic E-state index is 0.898. The summed E-state index contributed by atoms with van der Waals surface area (Å²) < 4.78 is 18.4. The molecule has 0 saturated heterocycles. The maximum atomic E-state index is 6.94. The molecule has 0 bridgehead atoms. The van der Waals surface area contributed by atoms with Crippen LogP contribution in [-0.4, -0.2) is 0 Å². The van der Waals surface area contributed by atoms with Crippen LogP contribution in [0.5, 0.6) is 0 Å². The topological polar surface area (TPSA) is 26.3 Å². The monoisotopic (exact) mass is 672 g/mol. The van der Waals surface area contributed by atoms with Gasteiger partial charge in [-0.15, -0.1) is 22.7 Å². The van der Waals surface area contributed by atoms with E-state index in [4.69, 9.17) is 8.83 Å². The van der Waals surface area contributed by atoms with E-state index in [-0.39, 0.29) is 0 Å². The van der Waals surface area contributed by atoms with Crippen LogP contribution in [0.15, 0.2) is 154 Å². The van der Waals surface area contributed by atoms with Crippen LogP contribution in [0, 0.1) is 0 Å². The summed E-state index contributed by atoms with van der Waals surface area (Å²) in [5.41, 5.74) is 6.43. The average molecular weight is 673 g/mol. The molecule has 4 aromatic heterocycles. The van der Waals surface area contributed by atoms with Crippen molar-refractivity contribution in [3.63, 3.8) is 0 Å². The maximum Gasteiger partial charge on any atom is 0.152 e. The number of fused-ring (bicyclic) bond motifs is 13. The van der Waals surface area contributed by atoms with Gasteiger partial charge in [0.15, 0.2) is 5.58 Å². The van der Waals surface area contributed by atoms with Gasteiger partial charge in [-0.05, 0) is 69.1 Å². The molecule has 232 valence electrons. The zero-order valence-corrected chi connectivity index (χ0v) is 28.1. The number of thiophene rings is 2. The summed E-state index contributed by atoms with van der Waals surface area (Å²) in [4.78, 5) is 0. The Kier molecular flexibility index (Phi) is 5.29. The predicted molar refractivity (Wildman–Crippen MR) is 215 cm³/mol. The fourth-order valence-corrected chi connectivity index (χ4v) is 10.7. The summed E-state index contributed by atoms with van der Waals surface area (Å²) in [6.07, 6.45) is 0. The summed E-state index contributed by atoms with van der Waals surface area (Å²) in [6.45, 7) is 0. The van der Waals surface area contributed by atoms with E-state index >= 15 is 0 Å². The van der Waals surface area contributed by atoms with Gasteiger partial charge in [-0.1, -0.05) is 109 Å². The van der Waals surface area contributed by atoms with Gasteiger partial charge in [0, 0.05) is 57.4 Å². The fourth-order valence-electron chi connectivity index (χ4n) is 8.34. The SMILES string of the molecule is c1ccc2c(c1)oc1cc3c(cc12)sc1cccc(-c2c4ccccc4c(-c4cc5ccc6c7ccccc7sc6c5o4)c4ccccc24)c13. The standard InChI is InChI=1S/C46H24O2S2/c1-3-14-30-28(12-1)42(33-16-9-19-40-44(33)35-23-37-34(24-41(35)49-40)26-10-5-7-17-36(26)47-37)29-13-2-4-15-31(29)43(30)38-22-25-20-21-32-27-11-6-8-18-39(27)50-46(32)45(25)48-38/h1-24H. The first-order valence-corrected chi connectivity index (χ1v) is 18.5. The van der Waals surface area contributed by atoms with Crippen molar-refractivity contribution in [1.82, 2.24) is 0 Å². The fraction of sp³-hybridized carbons (Fsp3) is 0. The average Bonchev–Trinajstić information content (AvgIpc) is 3.93. The molecule has 0 saturated carbocycles. The highest BCUT2D eigenvalue weighted by Gasteiger charge is 2.22. The van der Waals surface area contributed by atoms with Gasteiger partial charge in [0.1, 0.15) is 16.9 Å². The van der Waals surface area contributed by atoms with Crippen molar-refractivity contribution in [2.24, 2.45) is 0 Å². The van der Waals surface area contributed by atoms with Crippen molar-refractivity contribution in [3.05, 3.63) is 146 Å². The summed E-state index contributed by atoms with van der Waals surface area (Å²) >= 11 is 3.67. The lowest BCUT2D eigenvalue weighted by molar-refractivity contribution is 0.637. The first kappa shape index (κ1) is 26.9. The molecule has 4 heterocycles. The van der Waals surface area contributed by atoms with Crippen LogP contribution in [0.25, 0.3) is 117 Å². The lowest BCUT2D eigenvalue weighted by atomic mass is 9.86. The zero-order chi connectivity index (χ0) is 32.5. The highest BCUT2D eigenvalue weighted by atomic mass is 32.1. The van der Waals surface area contributed by atoms with Crippen molar-refractivity contribution in [2.45, 2.75) is 0 Å². The van der Waals surface area contributed by atoms with E-state index < -0.39 is 0 Å². The van der Waals surface area contributed by atoms with Crippen molar-refractivity contribution in [1.29, 1.82) is 0 Å². The number of benzene rings is 8. The Morgan fingerprint density at radius 1 is 0.380 bits per heavy atom. The van der Waals surface area contributed by atoms with Gasteiger partial charge < -0.3 is 8.83 Å². The smallest absolute Gasteiger partial charge is 0.152 e. The predicted octanol–water partition coefficient (Wildman–Crippen LogP) is 14.7. The summed E-state index contributed by atoms with van der Waals surface area (Å²) in [6, 6.07) is 52.7. The van der Waals surface area contributed by atoms with Gasteiger partial charge in [0.05, 0.1) is 4.70 Å². The molecule has 0 amide bonds. The molecule has 12 rings (SSSR count). The molecule has 0 N–H and O–H groups in total. The maximum absolute atomic E-state index is 6.94. The third-order valence-electron chi connectivity index (χ3n) is 10.5. The number of hydrogen-bond acceptors (Lipinski definition) is 4. The Bertz CT molecular complexity index is 3330. The van der Waals surface area contributed by atoms with E-state index in [1.54, 1.807) is 0 Å². The van der Waals surface area contributed by atoms with Crippen LogP contribution in [0.4, 0.5) is 0 Å². The molecule has 0 spiro atoms. The number of hydrogen-bond donors (Lipinski definition) is 0. The van der Waals surface area contributed by atoms with Crippen LogP contribution in [0.2, 0.25) is 0 Å². The molecule has 0 aliphatic carbocycles. The molecule has 12 aromatic rings. The van der Waals surface area contributed by atoms with Crippen LogP contribution in [0.3, 0.4) is 0 Å². The second kappa shape index (κ2) is 9.82. The molecular formula is C46H24O2S2. The van der Waals surface area contributed by atoms with Crippen LogP contribution < -0.4 is 0 Å². The van der Waals surface area contributed by atoms with Gasteiger partial charge >= 0.3 is 0 Å². The summed E-state index contributed by atoms with van der Waals surface area (Å²) in [5, 5.41) is 13.3. The van der Waals surface area contributed by atoms with Crippen LogP contribution >= 0.6 is 22.7 Å². The minimum atomic E-state index is 0.898. The first-order valence-electron chi connectivity index (χ1n) is 16.8. The Hall–Kier alpha value is -5.94. The van der Waals surface area contributed by atoms with Crippen molar-refractivity contribution in [3.8, 4) is 22.5 Å². The molecule has 2 nitrogen and oxygen atoms in total. The molecule has 0 aliphatic heterocycles. The van der Waals surface area contributed by atoms with E-state index in [0.29, 0.717) is 0 Å². The molecule has 4 heteroatoms. The van der Waals surface area contributed by atoms with Crippen molar-refractivity contribution >= 4 is 117 Å². The highest BCUT2D eigenvalue weighted by molar-refractivity contribution is 7.26. The number of para-hydroxylation sites is 1. The van der Waals surface area contributed by atoms with Gasteiger partial charge in [-0.3, -0.25) is 0 Å². The molecule has 0 atom stereocenters. The second-order valence-electron chi connectivity index (χ2n) is 13.1. The van der Waals surface area contributed by atoms with E-state index in [2.05, 4.69) is 140 Å². The van der Waals surface area contributed by atoms with E-state index in [1.165, 1.54) is 78.4 Å². The van der Waals surface area contributed by atoms with E-state index in [0.717, 1.165) is 38.8 Å². The lowest BCUT2D eigenvalue weighted by Gasteiger charge is -2.17. The molecule has 50 heavy (non-hydrogen) atoms. The normalized spacial score (nSPS) is 12.4. The highest BCUT2D eigenvalue weighted by Crippen LogP contribution is 2.50. The Labute approximate surface area is 293 Å². The zero-order valence-electron chi connectivity index (χ0n) is 26.5. The Morgan fingerprint density at radius 2 is 1.06 bits per heavy atom. The molecular weight excluding hydrogens is 649 g/mol. The number of rotatable bonds is 2. The largest absolute Gasteiger partial charge is 0.456 e. The quantitative estimate of drug-likeness (QED) is 0.171. The third-order valence-corrected chi connectivity index (χ3v) is 12.8. The molecule has 0 unspecified atom stereocenters. The van der Waals surface area contributed by atoms with Crippen molar-refractivity contribution < 1.29 is 8.83 Å². The van der Waals surface area contributed by atoms with Crippen LogP contribution in [-0.2, 0) is 0 Å². The Balaban J connectivity index is 1.17. The molecule has 0 fully saturated rings. The minimum Gasteiger partial charge on any atom is -0.456 e. The third kappa shape index (κ3) is 3.56. The molecule has 0 aliphatic rings. The first-order chi connectivity index (χ1) is 24.8. The lowest BCUT2D eigenvalue weighted by Crippen LogP contribution is -1.90. The van der Waals surface area contributed by atoms with Crippen molar-refractivity contribution in [2.75, 3.05) is 0 Å². The van der Waals surface area contributed by atoms with Gasteiger partial charge in [0.25, 0.3) is 0 Å². The molecule has 8 aromatic carbocycles. The Morgan fingerprint density at radius 3 is 1.86 bits per heavy atom.